The first-order chi connectivity index (χ1) is 16.4. The van der Waals surface area contributed by atoms with Gasteiger partial charge in [0.25, 0.3) is 0 Å². The molecule has 10 atom stereocenters. The van der Waals surface area contributed by atoms with Gasteiger partial charge in [0, 0.05) is 23.3 Å². The van der Waals surface area contributed by atoms with Crippen LogP contribution in [0.15, 0.2) is 11.6 Å². The lowest BCUT2D eigenvalue weighted by Crippen LogP contribution is -3.04. The van der Waals surface area contributed by atoms with Gasteiger partial charge in [-0.15, -0.1) is 0 Å². The van der Waals surface area contributed by atoms with Gasteiger partial charge < -0.3 is 25.4 Å². The molecule has 4 fully saturated rings. The number of hydrogen-bond acceptors (Lipinski definition) is 10. The van der Waals surface area contributed by atoms with Crippen molar-refractivity contribution >= 4 is 5.97 Å². The van der Waals surface area contributed by atoms with Crippen molar-refractivity contribution in [2.75, 3.05) is 13.2 Å². The molecule has 6 N–H and O–H groups in total. The minimum Gasteiger partial charge on any atom is -0.566 e. The molecule has 0 aromatic carbocycles. The number of carbonyl (C=O) groups is 1. The van der Waals surface area contributed by atoms with Crippen molar-refractivity contribution in [3.05, 3.63) is 22.1 Å². The van der Waals surface area contributed by atoms with Crippen LogP contribution >= 0.6 is 0 Å². The first-order valence-electron chi connectivity index (χ1n) is 12.5. The number of esters is 1. The Morgan fingerprint density at radius 2 is 1.80 bits per heavy atom. The molecule has 0 saturated heterocycles. The van der Waals surface area contributed by atoms with E-state index in [2.05, 4.69) is 6.92 Å². The summed E-state index contributed by atoms with van der Waals surface area (Å²) in [7, 11) is 0. The summed E-state index contributed by atoms with van der Waals surface area (Å²) in [5.74, 6) is -0.703. The summed E-state index contributed by atoms with van der Waals surface area (Å²) in [6, 6.07) is 0. The number of nitrogens with one attached hydrogen (secondary N) is 2. The van der Waals surface area contributed by atoms with Gasteiger partial charge in [0.05, 0.1) is 11.2 Å². The lowest BCUT2D eigenvalue weighted by molar-refractivity contribution is -1.21. The number of rotatable bonds is 6. The van der Waals surface area contributed by atoms with Crippen molar-refractivity contribution in [2.45, 2.75) is 82.0 Å². The third-order valence-corrected chi connectivity index (χ3v) is 10.5. The molecular weight excluding hydrogens is 464 g/mol. The fourth-order valence-electron chi connectivity index (χ4n) is 8.90. The van der Waals surface area contributed by atoms with Crippen LogP contribution in [-0.2, 0) is 19.2 Å². The van der Waals surface area contributed by atoms with Crippen LogP contribution in [0.5, 0.6) is 0 Å². The zero-order valence-corrected chi connectivity index (χ0v) is 19.9. The van der Waals surface area contributed by atoms with Crippen molar-refractivity contribution in [1.29, 1.82) is 0 Å². The van der Waals surface area contributed by atoms with Crippen molar-refractivity contribution in [3.8, 4) is 0 Å². The molecular formula is C23H36N2O10. The van der Waals surface area contributed by atoms with E-state index in [9.17, 15) is 30.6 Å². The van der Waals surface area contributed by atoms with Gasteiger partial charge in [0.2, 0.25) is 0 Å². The van der Waals surface area contributed by atoms with E-state index >= 15 is 0 Å². The standard InChI is InChI=1S/C23H36N2O10/c1-20-6-3-17-18(23(20,28)9-5-16(20)14-10-19(26)33-12-14)4-8-22(27)11-15(35-25(31)32)2-7-21(17,22)13-34-24(29)30/h10,15-18,24-25,27-29,31H,2-9,11-13H2,1H3/t15-,16+,17-,18+,20+,21-,22-,23-/m0/s1. The van der Waals surface area contributed by atoms with E-state index < -0.39 is 38.9 Å². The number of quaternary nitrogens is 2. The summed E-state index contributed by atoms with van der Waals surface area (Å²) >= 11 is 0. The highest BCUT2D eigenvalue weighted by Crippen LogP contribution is 2.70. The SMILES string of the molecule is C[C@]12CC[C@H]3[C@@H](CC[C@]4(O)C[C@@H](O[NH+]([O-])O)CC[C@]34CO[NH+]([O-])O)[C@@]1(O)CC[C@@H]2C1=CC(=O)OC1. The summed E-state index contributed by atoms with van der Waals surface area (Å²) in [4.78, 5) is 21.9. The molecule has 5 rings (SSSR count). The number of ether oxygens (including phenoxy) is 1. The van der Waals surface area contributed by atoms with Crippen molar-refractivity contribution in [2.24, 2.45) is 28.6 Å². The second-order valence-electron chi connectivity index (χ2n) is 11.5. The predicted molar refractivity (Wildman–Crippen MR) is 115 cm³/mol. The van der Waals surface area contributed by atoms with Gasteiger partial charge in [-0.2, -0.15) is 20.1 Å². The van der Waals surface area contributed by atoms with E-state index in [-0.39, 0.29) is 43.4 Å². The third kappa shape index (κ3) is 3.78. The summed E-state index contributed by atoms with van der Waals surface area (Å²) in [5.41, 5.74) is -2.89. The average Bonchev–Trinajstić information content (AvgIpc) is 3.31. The second-order valence-corrected chi connectivity index (χ2v) is 11.5. The fraction of sp³-hybridized carbons (Fsp3) is 0.870. The predicted octanol–water partition coefficient (Wildman–Crippen LogP) is -0.886. The molecule has 5 aliphatic rings. The number of cyclic esters (lactones) is 1. The van der Waals surface area contributed by atoms with Crippen molar-refractivity contribution < 1.29 is 50.6 Å². The van der Waals surface area contributed by atoms with Gasteiger partial charge in [-0.1, -0.05) is 17.7 Å². The first kappa shape index (κ1) is 25.5. The van der Waals surface area contributed by atoms with E-state index in [1.54, 1.807) is 6.08 Å². The van der Waals surface area contributed by atoms with Crippen LogP contribution in [-0.4, -0.2) is 57.1 Å². The van der Waals surface area contributed by atoms with E-state index in [4.69, 9.17) is 19.6 Å². The van der Waals surface area contributed by atoms with Gasteiger partial charge in [0.15, 0.2) is 0 Å². The molecule has 0 amide bonds. The molecule has 198 valence electrons. The van der Waals surface area contributed by atoms with Gasteiger partial charge in [-0.3, -0.25) is 0 Å². The summed E-state index contributed by atoms with van der Waals surface area (Å²) in [6.45, 7) is 2.14. The summed E-state index contributed by atoms with van der Waals surface area (Å²) in [5, 5.41) is 62.3. The van der Waals surface area contributed by atoms with Crippen molar-refractivity contribution in [1.82, 2.24) is 0 Å². The Kier molecular flexibility index (Phi) is 6.32. The van der Waals surface area contributed by atoms with Gasteiger partial charge in [-0.25, -0.2) is 4.79 Å². The van der Waals surface area contributed by atoms with Crippen LogP contribution in [0.1, 0.15) is 64.7 Å². The Morgan fingerprint density at radius 3 is 2.46 bits per heavy atom. The zero-order chi connectivity index (χ0) is 25.2. The number of fused-ring (bicyclic) bond motifs is 5. The molecule has 12 heteroatoms. The Bertz CT molecular complexity index is 884. The molecule has 35 heavy (non-hydrogen) atoms. The molecule has 0 radical (unpaired) electrons. The minimum atomic E-state index is -1.43. The second kappa shape index (κ2) is 8.69. The van der Waals surface area contributed by atoms with E-state index in [1.165, 1.54) is 0 Å². The molecule has 1 heterocycles. The highest BCUT2D eigenvalue weighted by molar-refractivity contribution is 5.85. The maximum Gasteiger partial charge on any atom is 0.331 e. The van der Waals surface area contributed by atoms with E-state index in [0.29, 0.717) is 44.9 Å². The zero-order valence-electron chi connectivity index (χ0n) is 19.9. The molecule has 0 aromatic rings. The van der Waals surface area contributed by atoms with Crippen LogP contribution in [0.3, 0.4) is 0 Å². The molecule has 1 aliphatic heterocycles. The molecule has 0 bridgehead atoms. The minimum absolute atomic E-state index is 0.0200. The molecule has 4 aliphatic carbocycles. The quantitative estimate of drug-likeness (QED) is 0.198. The summed E-state index contributed by atoms with van der Waals surface area (Å²) < 4.78 is 5.16. The Hall–Kier alpha value is -1.19. The third-order valence-electron chi connectivity index (χ3n) is 10.5. The highest BCUT2D eigenvalue weighted by Gasteiger charge is 2.71. The number of aliphatic hydroxyl groups is 2. The van der Waals surface area contributed by atoms with Gasteiger partial charge in [0.1, 0.15) is 19.3 Å². The van der Waals surface area contributed by atoms with E-state index in [0.717, 1.165) is 12.0 Å². The first-order valence-corrected chi connectivity index (χ1v) is 12.5. The van der Waals surface area contributed by atoms with Crippen LogP contribution in [0.2, 0.25) is 0 Å². The Labute approximate surface area is 203 Å². The van der Waals surface area contributed by atoms with Gasteiger partial charge in [-0.05, 0) is 74.7 Å². The average molecular weight is 501 g/mol. The van der Waals surface area contributed by atoms with Crippen LogP contribution < -0.4 is 10.8 Å². The number of hydrogen-bond donors (Lipinski definition) is 6. The van der Waals surface area contributed by atoms with Crippen molar-refractivity contribution in [3.63, 3.8) is 0 Å². The lowest BCUT2D eigenvalue weighted by Gasteiger charge is -2.66. The monoisotopic (exact) mass is 500 g/mol. The van der Waals surface area contributed by atoms with Crippen LogP contribution in [0, 0.1) is 39.0 Å². The lowest BCUT2D eigenvalue weighted by atomic mass is 9.41. The largest absolute Gasteiger partial charge is 0.566 e. The van der Waals surface area contributed by atoms with E-state index in [1.807, 2.05) is 0 Å². The normalized spacial score (nSPS) is 48.9. The van der Waals surface area contributed by atoms with Gasteiger partial charge >= 0.3 is 5.97 Å². The molecule has 4 saturated carbocycles. The molecule has 0 aromatic heterocycles. The Morgan fingerprint density at radius 1 is 1.06 bits per heavy atom. The highest BCUT2D eigenvalue weighted by atomic mass is 17.1. The Balaban J connectivity index is 1.47. The number of carbonyl (C=O) groups excluding carboxylic acids is 1. The smallest absolute Gasteiger partial charge is 0.331 e. The van der Waals surface area contributed by atoms with Crippen LogP contribution in [0.4, 0.5) is 0 Å². The molecule has 12 nitrogen and oxygen atoms in total. The molecule has 0 spiro atoms. The molecule has 2 unspecified atom stereocenters. The maximum absolute atomic E-state index is 12.3. The summed E-state index contributed by atoms with van der Waals surface area (Å²) in [6.07, 6.45) is 5.09. The maximum atomic E-state index is 12.3. The van der Waals surface area contributed by atoms with Crippen LogP contribution in [0.25, 0.3) is 0 Å². The fourth-order valence-corrected chi connectivity index (χ4v) is 8.90. The topological polar surface area (TPSA) is 181 Å².